The molecule has 0 saturated heterocycles. The van der Waals surface area contributed by atoms with Crippen LogP contribution < -0.4 is 4.90 Å². The van der Waals surface area contributed by atoms with E-state index in [1.54, 1.807) is 4.90 Å². The summed E-state index contributed by atoms with van der Waals surface area (Å²) in [5.41, 5.74) is 4.01. The van der Waals surface area contributed by atoms with Gasteiger partial charge in [0.05, 0.1) is 5.71 Å². The van der Waals surface area contributed by atoms with E-state index in [4.69, 9.17) is 4.42 Å². The van der Waals surface area contributed by atoms with Crippen molar-refractivity contribution in [3.8, 4) is 0 Å². The number of fused-ring (bicyclic) bond motifs is 1. The second kappa shape index (κ2) is 6.63. The molecule has 0 spiro atoms. The molecule has 1 aromatic carbocycles. The second-order valence-electron chi connectivity index (χ2n) is 7.81. The lowest BCUT2D eigenvalue weighted by molar-refractivity contribution is 0.0958. The maximum absolute atomic E-state index is 13.2. The minimum atomic E-state index is -0.167. The van der Waals surface area contributed by atoms with Crippen LogP contribution in [0.4, 0.5) is 5.69 Å². The van der Waals surface area contributed by atoms with Crippen LogP contribution in [0.5, 0.6) is 0 Å². The van der Waals surface area contributed by atoms with Gasteiger partial charge in [0.2, 0.25) is 0 Å². The van der Waals surface area contributed by atoms with Crippen LogP contribution in [0.2, 0.25) is 0 Å². The first-order valence-corrected chi connectivity index (χ1v) is 8.99. The summed E-state index contributed by atoms with van der Waals surface area (Å²) in [5.74, 6) is 0.896. The van der Waals surface area contributed by atoms with Crippen molar-refractivity contribution in [3.63, 3.8) is 0 Å². The number of hydrogen-bond donors (Lipinski definition) is 1. The van der Waals surface area contributed by atoms with Crippen LogP contribution in [0.1, 0.15) is 60.2 Å². The summed E-state index contributed by atoms with van der Waals surface area (Å²) in [5, 5.41) is 12.9. The molecule has 0 aliphatic heterocycles. The summed E-state index contributed by atoms with van der Waals surface area (Å²) in [6.07, 6.45) is 1.37. The van der Waals surface area contributed by atoms with Gasteiger partial charge < -0.3 is 14.5 Å². The number of furan rings is 1. The van der Waals surface area contributed by atoms with Crippen LogP contribution in [-0.2, 0) is 6.42 Å². The lowest BCUT2D eigenvalue weighted by atomic mass is 9.75. The highest BCUT2D eigenvalue weighted by atomic mass is 16.4. The zero-order chi connectivity index (χ0) is 19.1. The highest BCUT2D eigenvalue weighted by Gasteiger charge is 2.37. The van der Waals surface area contributed by atoms with Gasteiger partial charge in [-0.05, 0) is 50.3 Å². The molecule has 0 bridgehead atoms. The number of anilines is 1. The molecule has 0 radical (unpaired) electrons. The third-order valence-electron chi connectivity index (χ3n) is 4.98. The number of benzene rings is 1. The Kier molecular flexibility index (Phi) is 4.65. The van der Waals surface area contributed by atoms with Crippen molar-refractivity contribution in [1.82, 2.24) is 0 Å². The van der Waals surface area contributed by atoms with Gasteiger partial charge in [-0.25, -0.2) is 0 Å². The average Bonchev–Trinajstić information content (AvgIpc) is 2.90. The van der Waals surface area contributed by atoms with Gasteiger partial charge in [-0.2, -0.15) is 0 Å². The molecule has 3 rings (SSSR count). The Morgan fingerprint density at radius 2 is 2.04 bits per heavy atom. The molecular weight excluding hydrogens is 328 g/mol. The van der Waals surface area contributed by atoms with Crippen LogP contribution in [0.3, 0.4) is 0 Å². The molecule has 5 nitrogen and oxygen atoms in total. The molecule has 1 aliphatic carbocycles. The van der Waals surface area contributed by atoms with Crippen molar-refractivity contribution in [2.75, 3.05) is 11.4 Å². The molecule has 0 saturated carbocycles. The first-order chi connectivity index (χ1) is 12.3. The van der Waals surface area contributed by atoms with Crippen molar-refractivity contribution in [2.45, 2.75) is 47.5 Å². The van der Waals surface area contributed by atoms with E-state index in [0.29, 0.717) is 30.9 Å². The molecule has 1 aliphatic rings. The molecule has 1 aromatic heterocycles. The number of carbonyl (C=O) groups excluding carboxylic acids is 1. The van der Waals surface area contributed by atoms with Crippen LogP contribution in [-0.4, -0.2) is 23.4 Å². The summed E-state index contributed by atoms with van der Waals surface area (Å²) < 4.78 is 6.02. The fourth-order valence-corrected chi connectivity index (χ4v) is 3.77. The molecule has 5 heteroatoms. The van der Waals surface area contributed by atoms with E-state index in [1.807, 2.05) is 45.0 Å². The van der Waals surface area contributed by atoms with Gasteiger partial charge in [0.25, 0.3) is 5.91 Å². The van der Waals surface area contributed by atoms with E-state index in [2.05, 4.69) is 19.0 Å². The molecule has 138 valence electrons. The van der Waals surface area contributed by atoms with Crippen LogP contribution in [0.15, 0.2) is 33.8 Å². The van der Waals surface area contributed by atoms with Gasteiger partial charge >= 0.3 is 0 Å². The first-order valence-electron chi connectivity index (χ1n) is 8.99. The molecule has 1 N–H and O–H groups in total. The Hall–Kier alpha value is -2.56. The summed E-state index contributed by atoms with van der Waals surface area (Å²) in [7, 11) is 0. The van der Waals surface area contributed by atoms with Gasteiger partial charge in [-0.3, -0.25) is 4.79 Å². The number of oxime groups is 1. The van der Waals surface area contributed by atoms with Crippen LogP contribution >= 0.6 is 0 Å². The van der Waals surface area contributed by atoms with Crippen LogP contribution in [0.25, 0.3) is 0 Å². The highest BCUT2D eigenvalue weighted by Crippen LogP contribution is 2.39. The molecule has 0 atom stereocenters. The van der Waals surface area contributed by atoms with Gasteiger partial charge in [0.15, 0.2) is 5.76 Å². The molecule has 1 amide bonds. The minimum Gasteiger partial charge on any atom is -0.455 e. The third kappa shape index (κ3) is 3.14. The Labute approximate surface area is 154 Å². The topological polar surface area (TPSA) is 66.0 Å². The quantitative estimate of drug-likeness (QED) is 0.641. The second-order valence-corrected chi connectivity index (χ2v) is 7.81. The standard InChI is InChI=1S/C21H26N2O3/c1-6-23(15-9-7-8-13(2)10-15)20(24)19-14(3)18-16(22-25)11-21(4,5)12-17(18)26-19/h7-10,25H,6,11-12H2,1-5H3/b22-16-. The number of rotatable bonds is 3. The molecule has 1 heterocycles. The normalized spacial score (nSPS) is 17.2. The summed E-state index contributed by atoms with van der Waals surface area (Å²) >= 11 is 0. The number of carbonyl (C=O) groups is 1. The average molecular weight is 354 g/mol. The van der Waals surface area contributed by atoms with Crippen molar-refractivity contribution in [2.24, 2.45) is 10.6 Å². The van der Waals surface area contributed by atoms with E-state index in [9.17, 15) is 10.0 Å². The van der Waals surface area contributed by atoms with Gasteiger partial charge in [-0.15, -0.1) is 0 Å². The zero-order valence-corrected chi connectivity index (χ0v) is 16.1. The molecule has 0 unspecified atom stereocenters. The molecular formula is C21H26N2O3. The minimum absolute atomic E-state index is 0.0693. The van der Waals surface area contributed by atoms with Crippen molar-refractivity contribution < 1.29 is 14.4 Å². The Morgan fingerprint density at radius 1 is 1.31 bits per heavy atom. The van der Waals surface area contributed by atoms with Crippen molar-refractivity contribution in [3.05, 3.63) is 52.5 Å². The first kappa shape index (κ1) is 18.2. The maximum Gasteiger partial charge on any atom is 0.294 e. The highest BCUT2D eigenvalue weighted by molar-refractivity contribution is 6.10. The smallest absolute Gasteiger partial charge is 0.294 e. The van der Waals surface area contributed by atoms with E-state index < -0.39 is 0 Å². The number of amides is 1. The van der Waals surface area contributed by atoms with E-state index >= 15 is 0 Å². The SMILES string of the molecule is CCN(C(=O)c1oc2c(c1C)/C(=N\O)CC(C)(C)C2)c1cccc(C)c1. The lowest BCUT2D eigenvalue weighted by Gasteiger charge is -2.28. The fraction of sp³-hybridized carbons (Fsp3) is 0.429. The molecule has 0 fully saturated rings. The van der Waals surface area contributed by atoms with Gasteiger partial charge in [0, 0.05) is 29.8 Å². The maximum atomic E-state index is 13.2. The predicted octanol–water partition coefficient (Wildman–Crippen LogP) is 4.71. The summed E-state index contributed by atoms with van der Waals surface area (Å²) in [6.45, 7) is 10.6. The Balaban J connectivity index is 2.05. The Bertz CT molecular complexity index is 877. The van der Waals surface area contributed by atoms with Crippen LogP contribution in [0, 0.1) is 19.3 Å². The van der Waals surface area contributed by atoms with Crippen molar-refractivity contribution in [1.29, 1.82) is 0 Å². The summed E-state index contributed by atoms with van der Waals surface area (Å²) in [6, 6.07) is 7.87. The number of hydrogen-bond acceptors (Lipinski definition) is 4. The van der Waals surface area contributed by atoms with Gasteiger partial charge in [-0.1, -0.05) is 31.1 Å². The monoisotopic (exact) mass is 354 g/mol. The van der Waals surface area contributed by atoms with E-state index in [0.717, 1.165) is 28.1 Å². The number of aryl methyl sites for hydroxylation is 1. The van der Waals surface area contributed by atoms with E-state index in [-0.39, 0.29) is 11.3 Å². The zero-order valence-electron chi connectivity index (χ0n) is 16.1. The fourth-order valence-electron chi connectivity index (χ4n) is 3.77. The van der Waals surface area contributed by atoms with Gasteiger partial charge in [0.1, 0.15) is 5.76 Å². The predicted molar refractivity (Wildman–Crippen MR) is 102 cm³/mol. The molecule has 26 heavy (non-hydrogen) atoms. The van der Waals surface area contributed by atoms with E-state index in [1.165, 1.54) is 0 Å². The summed E-state index contributed by atoms with van der Waals surface area (Å²) in [4.78, 5) is 14.9. The molecule has 2 aromatic rings. The van der Waals surface area contributed by atoms with Crippen molar-refractivity contribution >= 4 is 17.3 Å². The number of nitrogens with zero attached hydrogens (tertiary/aromatic N) is 2. The Morgan fingerprint density at radius 3 is 2.65 bits per heavy atom. The lowest BCUT2D eigenvalue weighted by Crippen LogP contribution is -2.31. The largest absolute Gasteiger partial charge is 0.455 e. The third-order valence-corrected chi connectivity index (χ3v) is 4.98.